The average molecular weight is 446 g/mol. The molecule has 2 amide bonds. The van der Waals surface area contributed by atoms with Crippen molar-refractivity contribution in [1.82, 2.24) is 4.90 Å². The molecule has 0 aliphatic carbocycles. The number of rotatable bonds is 6. The summed E-state index contributed by atoms with van der Waals surface area (Å²) in [6, 6.07) is 24.8. The Morgan fingerprint density at radius 2 is 1.56 bits per heavy atom. The molecule has 0 bridgehead atoms. The fourth-order valence-corrected chi connectivity index (χ4v) is 4.05. The molecule has 3 aromatic rings. The lowest BCUT2D eigenvalue weighted by Gasteiger charge is -2.15. The Kier molecular flexibility index (Phi) is 6.77. The Hall–Kier alpha value is -3.71. The number of thioether (sulfide) groups is 1. The molecule has 0 spiro atoms. The lowest BCUT2D eigenvalue weighted by Crippen LogP contribution is -2.29. The Morgan fingerprint density at radius 3 is 2.22 bits per heavy atom. The zero-order chi connectivity index (χ0) is 22.3. The number of nitrogens with one attached hydrogen (secondary N) is 1. The minimum absolute atomic E-state index is 0.278. The SMILES string of the molecule is O=C(/C=C1/SC(=NCc2ccccc2)N(Cc2ccccc2)C1=O)Nc1ccc(F)cc1. The van der Waals surface area contributed by atoms with Crippen LogP contribution in [0.2, 0.25) is 0 Å². The van der Waals surface area contributed by atoms with E-state index in [9.17, 15) is 14.0 Å². The molecule has 7 heteroatoms. The van der Waals surface area contributed by atoms with Gasteiger partial charge in [-0.25, -0.2) is 4.39 Å². The van der Waals surface area contributed by atoms with Gasteiger partial charge in [0.2, 0.25) is 5.91 Å². The molecule has 160 valence electrons. The smallest absolute Gasteiger partial charge is 0.267 e. The van der Waals surface area contributed by atoms with Crippen molar-refractivity contribution in [3.05, 3.63) is 113 Å². The number of amidine groups is 1. The van der Waals surface area contributed by atoms with Crippen LogP contribution < -0.4 is 5.32 Å². The number of benzene rings is 3. The normalized spacial score (nSPS) is 16.0. The van der Waals surface area contributed by atoms with Gasteiger partial charge in [-0.1, -0.05) is 60.7 Å². The van der Waals surface area contributed by atoms with Crippen LogP contribution in [0.4, 0.5) is 10.1 Å². The minimum atomic E-state index is -0.462. The molecular weight excluding hydrogens is 425 g/mol. The Balaban J connectivity index is 1.55. The van der Waals surface area contributed by atoms with Crippen LogP contribution in [0.5, 0.6) is 0 Å². The summed E-state index contributed by atoms with van der Waals surface area (Å²) in [5, 5.41) is 3.19. The first-order valence-electron chi connectivity index (χ1n) is 9.99. The second-order valence-corrected chi connectivity index (χ2v) is 8.08. The Labute approximate surface area is 189 Å². The predicted octanol–water partition coefficient (Wildman–Crippen LogP) is 4.98. The van der Waals surface area contributed by atoms with Crippen LogP contribution in [0.15, 0.2) is 101 Å². The number of halogens is 1. The van der Waals surface area contributed by atoms with Crippen LogP contribution in [0.25, 0.3) is 0 Å². The van der Waals surface area contributed by atoms with E-state index in [4.69, 9.17) is 0 Å². The van der Waals surface area contributed by atoms with Gasteiger partial charge in [0.15, 0.2) is 5.17 Å². The van der Waals surface area contributed by atoms with Gasteiger partial charge in [0.25, 0.3) is 5.91 Å². The van der Waals surface area contributed by atoms with Crippen molar-refractivity contribution in [2.24, 2.45) is 4.99 Å². The molecule has 1 fully saturated rings. The van der Waals surface area contributed by atoms with Crippen LogP contribution in [0.1, 0.15) is 11.1 Å². The molecule has 0 atom stereocenters. The van der Waals surface area contributed by atoms with E-state index in [1.165, 1.54) is 42.1 Å². The van der Waals surface area contributed by atoms with Gasteiger partial charge >= 0.3 is 0 Å². The van der Waals surface area contributed by atoms with Crippen molar-refractivity contribution in [3.8, 4) is 0 Å². The molecule has 1 N–H and O–H groups in total. The number of aliphatic imine (C=N–C) groups is 1. The molecule has 3 aromatic carbocycles. The highest BCUT2D eigenvalue weighted by Crippen LogP contribution is 2.32. The van der Waals surface area contributed by atoms with Crippen molar-refractivity contribution < 1.29 is 14.0 Å². The molecule has 1 aliphatic heterocycles. The van der Waals surface area contributed by atoms with Crippen molar-refractivity contribution in [1.29, 1.82) is 0 Å². The Morgan fingerprint density at radius 1 is 0.938 bits per heavy atom. The van der Waals surface area contributed by atoms with Crippen LogP contribution in [0, 0.1) is 5.82 Å². The molecule has 0 saturated carbocycles. The third-order valence-electron chi connectivity index (χ3n) is 4.69. The summed E-state index contributed by atoms with van der Waals surface area (Å²) in [5.74, 6) is -1.13. The average Bonchev–Trinajstić information content (AvgIpc) is 3.09. The molecule has 0 aromatic heterocycles. The summed E-state index contributed by atoms with van der Waals surface area (Å²) in [6.07, 6.45) is 1.26. The molecule has 4 rings (SSSR count). The highest BCUT2D eigenvalue weighted by atomic mass is 32.2. The van der Waals surface area contributed by atoms with Crippen LogP contribution >= 0.6 is 11.8 Å². The molecule has 5 nitrogen and oxygen atoms in total. The van der Waals surface area contributed by atoms with Crippen molar-refractivity contribution in [2.45, 2.75) is 13.1 Å². The van der Waals surface area contributed by atoms with Gasteiger partial charge in [-0.05, 0) is 47.2 Å². The number of carbonyl (C=O) groups excluding carboxylic acids is 2. The van der Waals surface area contributed by atoms with Crippen molar-refractivity contribution in [2.75, 3.05) is 5.32 Å². The van der Waals surface area contributed by atoms with Gasteiger partial charge < -0.3 is 5.32 Å². The van der Waals surface area contributed by atoms with Gasteiger partial charge in [0.1, 0.15) is 5.82 Å². The standard InChI is InChI=1S/C25H20FN3O2S/c26-20-11-13-21(14-12-20)28-23(30)15-22-24(31)29(17-19-9-5-2-6-10-19)25(32-22)27-16-18-7-3-1-4-8-18/h1-15H,16-17H2,(H,28,30)/b22-15+,27-25?. The largest absolute Gasteiger partial charge is 0.322 e. The zero-order valence-corrected chi connectivity index (χ0v) is 17.9. The minimum Gasteiger partial charge on any atom is -0.322 e. The maximum Gasteiger partial charge on any atom is 0.267 e. The van der Waals surface area contributed by atoms with E-state index in [0.29, 0.717) is 23.9 Å². The summed E-state index contributed by atoms with van der Waals surface area (Å²) in [7, 11) is 0. The summed E-state index contributed by atoms with van der Waals surface area (Å²) in [4.78, 5) is 32.0. The maximum atomic E-state index is 13.1. The fourth-order valence-electron chi connectivity index (χ4n) is 3.10. The lowest BCUT2D eigenvalue weighted by molar-refractivity contribution is -0.123. The highest BCUT2D eigenvalue weighted by Gasteiger charge is 2.33. The molecule has 1 heterocycles. The number of anilines is 1. The van der Waals surface area contributed by atoms with Gasteiger partial charge in [-0.3, -0.25) is 19.5 Å². The van der Waals surface area contributed by atoms with E-state index in [-0.39, 0.29) is 10.8 Å². The monoisotopic (exact) mass is 445 g/mol. The van der Waals surface area contributed by atoms with Gasteiger partial charge in [-0.15, -0.1) is 0 Å². The summed E-state index contributed by atoms with van der Waals surface area (Å²) in [5.41, 5.74) is 2.44. The first kappa shape index (κ1) is 21.5. The summed E-state index contributed by atoms with van der Waals surface area (Å²) < 4.78 is 13.1. The number of amides is 2. The second kappa shape index (κ2) is 10.1. The second-order valence-electron chi connectivity index (χ2n) is 7.07. The van der Waals surface area contributed by atoms with E-state index in [1.54, 1.807) is 4.90 Å². The van der Waals surface area contributed by atoms with Gasteiger partial charge in [0, 0.05) is 11.8 Å². The summed E-state index contributed by atoms with van der Waals surface area (Å²) >= 11 is 1.17. The molecule has 1 aliphatic rings. The first-order chi connectivity index (χ1) is 15.6. The third-order valence-corrected chi connectivity index (χ3v) is 5.73. The zero-order valence-electron chi connectivity index (χ0n) is 17.1. The van der Waals surface area contributed by atoms with Crippen LogP contribution in [-0.2, 0) is 22.7 Å². The highest BCUT2D eigenvalue weighted by molar-refractivity contribution is 8.18. The molecule has 32 heavy (non-hydrogen) atoms. The maximum absolute atomic E-state index is 13.1. The van der Waals surface area contributed by atoms with Gasteiger partial charge in [0.05, 0.1) is 18.0 Å². The number of hydrogen-bond acceptors (Lipinski definition) is 4. The summed E-state index contributed by atoms with van der Waals surface area (Å²) in [6.45, 7) is 0.786. The number of nitrogens with zero attached hydrogens (tertiary/aromatic N) is 2. The van der Waals surface area contributed by atoms with Crippen molar-refractivity contribution in [3.63, 3.8) is 0 Å². The predicted molar refractivity (Wildman–Crippen MR) is 125 cm³/mol. The first-order valence-corrected chi connectivity index (χ1v) is 10.8. The molecule has 0 radical (unpaired) electrons. The number of carbonyl (C=O) groups is 2. The van der Waals surface area contributed by atoms with Crippen molar-refractivity contribution >= 4 is 34.4 Å². The lowest BCUT2D eigenvalue weighted by atomic mass is 10.2. The van der Waals surface area contributed by atoms with E-state index in [2.05, 4.69) is 10.3 Å². The van der Waals surface area contributed by atoms with E-state index < -0.39 is 11.7 Å². The van der Waals surface area contributed by atoms with E-state index in [1.807, 2.05) is 60.7 Å². The van der Waals surface area contributed by atoms with Crippen LogP contribution in [-0.4, -0.2) is 21.9 Å². The molecular formula is C25H20FN3O2S. The third kappa shape index (κ3) is 5.50. The van der Waals surface area contributed by atoms with Crippen LogP contribution in [0.3, 0.4) is 0 Å². The topological polar surface area (TPSA) is 61.8 Å². The quantitative estimate of drug-likeness (QED) is 0.545. The van der Waals surface area contributed by atoms with Gasteiger partial charge in [-0.2, -0.15) is 0 Å². The molecule has 0 unspecified atom stereocenters. The van der Waals surface area contributed by atoms with E-state index in [0.717, 1.165) is 11.1 Å². The Bertz CT molecular complexity index is 1160. The number of hydrogen-bond donors (Lipinski definition) is 1. The fraction of sp³-hybridized carbons (Fsp3) is 0.0800. The van der Waals surface area contributed by atoms with E-state index >= 15 is 0 Å². The molecule has 1 saturated heterocycles.